The largest absolute Gasteiger partial charge is 0.388 e. The van der Waals surface area contributed by atoms with Gasteiger partial charge in [0.15, 0.2) is 0 Å². The highest BCUT2D eigenvalue weighted by molar-refractivity contribution is 5.96. The minimum atomic E-state index is -0.281. The van der Waals surface area contributed by atoms with E-state index in [1.807, 2.05) is 36.7 Å². The Morgan fingerprint density at radius 1 is 1.05 bits per heavy atom. The lowest BCUT2D eigenvalue weighted by molar-refractivity contribution is -0.120. The third-order valence-electron chi connectivity index (χ3n) is 8.14. The van der Waals surface area contributed by atoms with Crippen molar-refractivity contribution in [1.29, 1.82) is 0 Å². The maximum Gasteiger partial charge on any atom is 0.227 e. The molecule has 1 saturated carbocycles. The van der Waals surface area contributed by atoms with E-state index in [1.54, 1.807) is 18.5 Å². The van der Waals surface area contributed by atoms with Gasteiger partial charge >= 0.3 is 0 Å². The van der Waals surface area contributed by atoms with E-state index in [-0.39, 0.29) is 23.6 Å². The molecule has 1 fully saturated rings. The average Bonchev–Trinajstić information content (AvgIpc) is 3.55. The fourth-order valence-corrected chi connectivity index (χ4v) is 6.01. The second kappa shape index (κ2) is 10.6. The van der Waals surface area contributed by atoms with Gasteiger partial charge in [0.2, 0.25) is 5.91 Å². The standard InChI is InChI=1S/C32H30FN7O/c33-23-8-4-7-20(11-23)25-9-10-36-31-26(25)14-28(38-31)30-27-13-22(16-35-18-29(27)39-40-30)21-12-24(17-34-15-21)37-32(41)19-5-2-1-3-6-19/h4,7-15,17-19,22,35,39H,1-3,5-6,16H2,(H,36,38)(H,37,41). The molecule has 41 heavy (non-hydrogen) atoms. The van der Waals surface area contributed by atoms with Crippen LogP contribution in [0.2, 0.25) is 0 Å². The number of anilines is 1. The van der Waals surface area contributed by atoms with Crippen molar-refractivity contribution in [2.24, 2.45) is 5.92 Å². The molecule has 0 bridgehead atoms. The van der Waals surface area contributed by atoms with Crippen molar-refractivity contribution < 1.29 is 9.18 Å². The van der Waals surface area contributed by atoms with Gasteiger partial charge in [-0.05, 0) is 59.9 Å². The van der Waals surface area contributed by atoms with Crippen LogP contribution >= 0.6 is 0 Å². The molecular formula is C32H30FN7O. The van der Waals surface area contributed by atoms with E-state index in [1.165, 1.54) is 18.6 Å². The van der Waals surface area contributed by atoms with Crippen LogP contribution < -0.4 is 21.2 Å². The fourth-order valence-electron chi connectivity index (χ4n) is 6.01. The number of fused-ring (bicyclic) bond motifs is 2. The van der Waals surface area contributed by atoms with E-state index in [2.05, 4.69) is 41.9 Å². The summed E-state index contributed by atoms with van der Waals surface area (Å²) >= 11 is 0. The van der Waals surface area contributed by atoms with Crippen LogP contribution in [-0.2, 0) is 4.79 Å². The molecule has 1 aliphatic heterocycles. The first-order valence-electron chi connectivity index (χ1n) is 14.1. The highest BCUT2D eigenvalue weighted by atomic mass is 19.1. The Hall–Kier alpha value is -4.79. The van der Waals surface area contributed by atoms with Gasteiger partial charge in [-0.3, -0.25) is 14.9 Å². The molecule has 2 aliphatic rings. The maximum atomic E-state index is 14.0. The molecule has 5 heterocycles. The highest BCUT2D eigenvalue weighted by Crippen LogP contribution is 2.31. The van der Waals surface area contributed by atoms with Gasteiger partial charge < -0.3 is 15.6 Å². The van der Waals surface area contributed by atoms with Crippen LogP contribution in [0.5, 0.6) is 0 Å². The summed E-state index contributed by atoms with van der Waals surface area (Å²) in [6.07, 6.45) is 14.7. The molecule has 4 aromatic heterocycles. The van der Waals surface area contributed by atoms with Crippen LogP contribution in [0.3, 0.4) is 0 Å². The Kier molecular flexibility index (Phi) is 6.54. The molecule has 4 N–H and O–H groups in total. The molecule has 1 aromatic carbocycles. The Bertz CT molecular complexity index is 1870. The second-order valence-electron chi connectivity index (χ2n) is 10.9. The zero-order valence-electron chi connectivity index (χ0n) is 22.5. The Balaban J connectivity index is 1.23. The predicted octanol–water partition coefficient (Wildman–Crippen LogP) is 4.58. The number of halogens is 1. The van der Waals surface area contributed by atoms with E-state index < -0.39 is 0 Å². The van der Waals surface area contributed by atoms with Gasteiger partial charge in [0, 0.05) is 47.6 Å². The number of nitrogens with one attached hydrogen (secondary N) is 4. The van der Waals surface area contributed by atoms with Gasteiger partial charge in [-0.25, -0.2) is 9.37 Å². The molecule has 8 nitrogen and oxygen atoms in total. The first-order chi connectivity index (χ1) is 20.1. The van der Waals surface area contributed by atoms with E-state index in [4.69, 9.17) is 0 Å². The Morgan fingerprint density at radius 2 is 1.95 bits per heavy atom. The number of carbonyl (C=O) groups is 1. The second-order valence-corrected chi connectivity index (χ2v) is 10.9. The number of amides is 1. The summed E-state index contributed by atoms with van der Waals surface area (Å²) in [7, 11) is 0. The predicted molar refractivity (Wildman–Crippen MR) is 157 cm³/mol. The van der Waals surface area contributed by atoms with Crippen molar-refractivity contribution in [2.45, 2.75) is 38.0 Å². The van der Waals surface area contributed by atoms with E-state index in [9.17, 15) is 9.18 Å². The number of pyridine rings is 2. The SMILES string of the molecule is O=C(Nc1cncc(C2C=c3c(-c4cc5c(-c6cccc(F)c6)ccnc5[nH]4)n[nH]c3=CNC2)c1)C1CCCCC1. The third kappa shape index (κ3) is 4.99. The summed E-state index contributed by atoms with van der Waals surface area (Å²) in [5.41, 5.74) is 5.69. The van der Waals surface area contributed by atoms with Gasteiger partial charge in [-0.15, -0.1) is 0 Å². The maximum absolute atomic E-state index is 14.0. The lowest BCUT2D eigenvalue weighted by atomic mass is 9.88. The van der Waals surface area contributed by atoms with Crippen LogP contribution in [0.4, 0.5) is 10.1 Å². The van der Waals surface area contributed by atoms with Crippen molar-refractivity contribution in [2.75, 3.05) is 11.9 Å². The minimum Gasteiger partial charge on any atom is -0.388 e. The van der Waals surface area contributed by atoms with Crippen molar-refractivity contribution in [3.63, 3.8) is 0 Å². The summed E-state index contributed by atoms with van der Waals surface area (Å²) < 4.78 is 14.0. The van der Waals surface area contributed by atoms with Gasteiger partial charge in [-0.1, -0.05) is 37.5 Å². The topological polar surface area (TPSA) is 111 Å². The van der Waals surface area contributed by atoms with Crippen LogP contribution in [0.25, 0.3) is 45.8 Å². The summed E-state index contributed by atoms with van der Waals surface area (Å²) in [5.74, 6) is -0.120. The number of carbonyl (C=O) groups excluding carboxylic acids is 1. The number of benzene rings is 1. The number of rotatable bonds is 5. The quantitative estimate of drug-likeness (QED) is 0.258. The van der Waals surface area contributed by atoms with Crippen molar-refractivity contribution in [1.82, 2.24) is 30.5 Å². The van der Waals surface area contributed by atoms with Crippen molar-refractivity contribution in [3.8, 4) is 22.5 Å². The normalized spacial score (nSPS) is 17.1. The number of aromatic nitrogens is 5. The van der Waals surface area contributed by atoms with Crippen molar-refractivity contribution in [3.05, 3.63) is 83.0 Å². The summed E-state index contributed by atoms with van der Waals surface area (Å²) in [4.78, 5) is 25.2. The minimum absolute atomic E-state index is 0.00626. The zero-order valence-corrected chi connectivity index (χ0v) is 22.5. The molecule has 206 valence electrons. The lowest BCUT2D eigenvalue weighted by Crippen LogP contribution is -2.25. The first kappa shape index (κ1) is 25.2. The van der Waals surface area contributed by atoms with Crippen LogP contribution in [-0.4, -0.2) is 37.6 Å². The van der Waals surface area contributed by atoms with Crippen LogP contribution in [0.1, 0.15) is 43.6 Å². The molecule has 9 heteroatoms. The third-order valence-corrected chi connectivity index (χ3v) is 8.14. The number of nitrogens with zero attached hydrogens (tertiary/aromatic N) is 3. The number of hydrogen-bond acceptors (Lipinski definition) is 5. The zero-order chi connectivity index (χ0) is 27.8. The van der Waals surface area contributed by atoms with Crippen molar-refractivity contribution >= 4 is 34.9 Å². The molecule has 0 radical (unpaired) electrons. The summed E-state index contributed by atoms with van der Waals surface area (Å²) in [6.45, 7) is 0.668. The summed E-state index contributed by atoms with van der Waals surface area (Å²) in [5, 5.41) is 17.0. The van der Waals surface area contributed by atoms with Gasteiger partial charge in [-0.2, -0.15) is 5.10 Å². The van der Waals surface area contributed by atoms with Crippen LogP contribution in [0, 0.1) is 11.7 Å². The van der Waals surface area contributed by atoms with E-state index >= 15 is 0 Å². The molecule has 0 spiro atoms. The average molecular weight is 548 g/mol. The smallest absolute Gasteiger partial charge is 0.227 e. The van der Waals surface area contributed by atoms with Gasteiger partial charge in [0.05, 0.1) is 22.9 Å². The Morgan fingerprint density at radius 3 is 2.83 bits per heavy atom. The number of H-pyrrole nitrogens is 2. The highest BCUT2D eigenvalue weighted by Gasteiger charge is 2.22. The van der Waals surface area contributed by atoms with E-state index in [0.717, 1.165) is 75.4 Å². The number of hydrogen-bond donors (Lipinski definition) is 4. The molecule has 1 unspecified atom stereocenters. The monoisotopic (exact) mass is 547 g/mol. The molecule has 1 amide bonds. The van der Waals surface area contributed by atoms with E-state index in [0.29, 0.717) is 12.2 Å². The molecule has 7 rings (SSSR count). The molecule has 1 aliphatic carbocycles. The number of aromatic amines is 2. The lowest BCUT2D eigenvalue weighted by Gasteiger charge is -2.21. The molecule has 0 saturated heterocycles. The Labute approximate surface area is 235 Å². The van der Waals surface area contributed by atoms with Crippen LogP contribution in [0.15, 0.2) is 61.1 Å². The van der Waals surface area contributed by atoms with Gasteiger partial charge in [0.25, 0.3) is 0 Å². The molecular weight excluding hydrogens is 517 g/mol. The summed E-state index contributed by atoms with van der Waals surface area (Å²) in [6, 6.07) is 12.5. The first-order valence-corrected chi connectivity index (χ1v) is 14.1. The molecule has 5 aromatic rings. The fraction of sp³-hybridized carbons (Fsp3) is 0.250. The van der Waals surface area contributed by atoms with Gasteiger partial charge in [0.1, 0.15) is 17.2 Å². The molecule has 1 atom stereocenters.